The number of aromatic nitrogens is 3. The fourth-order valence-corrected chi connectivity index (χ4v) is 2.46. The van der Waals surface area contributed by atoms with E-state index in [1.54, 1.807) is 29.2 Å². The molecule has 0 bridgehead atoms. The summed E-state index contributed by atoms with van der Waals surface area (Å²) in [4.78, 5) is 17.5. The molecular weight excluding hydrogens is 316 g/mol. The summed E-state index contributed by atoms with van der Waals surface area (Å²) in [6, 6.07) is 15.1. The fraction of sp³-hybridized carbons (Fsp3) is 0.211. The van der Waals surface area contributed by atoms with Gasteiger partial charge in [-0.05, 0) is 38.1 Å². The van der Waals surface area contributed by atoms with Crippen LogP contribution in [0.3, 0.4) is 0 Å². The molecule has 0 saturated heterocycles. The Morgan fingerprint density at radius 2 is 1.84 bits per heavy atom. The third-order valence-electron chi connectivity index (χ3n) is 3.57. The van der Waals surface area contributed by atoms with E-state index < -0.39 is 0 Å². The van der Waals surface area contributed by atoms with Gasteiger partial charge in [-0.3, -0.25) is 14.4 Å². The highest BCUT2D eigenvalue weighted by Gasteiger charge is 2.20. The lowest BCUT2D eigenvalue weighted by Crippen LogP contribution is -2.28. The topological polar surface area (TPSA) is 61.4 Å². The van der Waals surface area contributed by atoms with E-state index in [4.69, 9.17) is 4.74 Å². The van der Waals surface area contributed by atoms with Crippen LogP contribution in [-0.2, 0) is 0 Å². The normalized spacial score (nSPS) is 11.8. The van der Waals surface area contributed by atoms with Crippen LogP contribution in [0.5, 0.6) is 5.75 Å². The Balaban J connectivity index is 2.09. The molecule has 0 atom stereocenters. The van der Waals surface area contributed by atoms with Gasteiger partial charge < -0.3 is 4.74 Å². The van der Waals surface area contributed by atoms with Crippen LogP contribution >= 0.6 is 0 Å². The van der Waals surface area contributed by atoms with Crippen molar-refractivity contribution in [3.63, 3.8) is 0 Å². The first-order valence-corrected chi connectivity index (χ1v) is 8.05. The zero-order valence-corrected chi connectivity index (χ0v) is 14.5. The molecule has 0 amide bonds. The monoisotopic (exact) mass is 336 g/mol. The van der Waals surface area contributed by atoms with E-state index >= 15 is 0 Å². The first-order chi connectivity index (χ1) is 12.1. The molecule has 0 aliphatic carbocycles. The van der Waals surface area contributed by atoms with E-state index in [0.717, 1.165) is 5.69 Å². The molecule has 25 heavy (non-hydrogen) atoms. The molecule has 2 heterocycles. The van der Waals surface area contributed by atoms with Gasteiger partial charge in [0.1, 0.15) is 5.49 Å². The van der Waals surface area contributed by atoms with Crippen molar-refractivity contribution in [2.45, 2.75) is 19.9 Å². The van der Waals surface area contributed by atoms with E-state index in [9.17, 15) is 4.79 Å². The van der Waals surface area contributed by atoms with Crippen LogP contribution in [0.25, 0.3) is 5.69 Å². The lowest BCUT2D eigenvalue weighted by Gasteiger charge is -2.06. The predicted octanol–water partition coefficient (Wildman–Crippen LogP) is 2.68. The molecule has 6 heteroatoms. The maximum Gasteiger partial charge on any atom is 0.287 e. The maximum atomic E-state index is 13.0. The molecule has 0 aliphatic rings. The molecule has 6 nitrogen and oxygen atoms in total. The molecule has 2 aromatic heterocycles. The predicted molar refractivity (Wildman–Crippen MR) is 95.0 cm³/mol. The molecule has 0 aliphatic heterocycles. The first-order valence-electron chi connectivity index (χ1n) is 8.05. The van der Waals surface area contributed by atoms with Crippen LogP contribution in [0.2, 0.25) is 0 Å². The highest BCUT2D eigenvalue weighted by atomic mass is 16.5. The number of methoxy groups -OCH3 is 1. The molecule has 0 saturated carbocycles. The number of carbonyl (C=O) groups excluding carboxylic acids is 1. The zero-order valence-electron chi connectivity index (χ0n) is 14.5. The minimum atomic E-state index is -0.286. The fourth-order valence-electron chi connectivity index (χ4n) is 2.46. The summed E-state index contributed by atoms with van der Waals surface area (Å²) in [6.45, 7) is 3.93. The molecule has 128 valence electrons. The molecule has 0 fully saturated rings. The molecule has 0 unspecified atom stereocenters. The molecule has 1 aromatic carbocycles. The quantitative estimate of drug-likeness (QED) is 0.736. The number of hydrogen-bond acceptors (Lipinski definition) is 4. The molecule has 3 aromatic rings. The Morgan fingerprint density at radius 1 is 1.12 bits per heavy atom. The van der Waals surface area contributed by atoms with Gasteiger partial charge in [0.2, 0.25) is 0 Å². The Morgan fingerprint density at radius 3 is 2.52 bits per heavy atom. The third-order valence-corrected chi connectivity index (χ3v) is 3.57. The van der Waals surface area contributed by atoms with E-state index in [2.05, 4.69) is 10.1 Å². The number of para-hydroxylation sites is 1. The van der Waals surface area contributed by atoms with Crippen molar-refractivity contribution < 1.29 is 9.53 Å². The summed E-state index contributed by atoms with van der Waals surface area (Å²) in [5.74, 6) is 0.132. The standard InChI is InChI=1S/C19H20N4O2/c1-14(2)20-17-11-7-8-12-22(17)19(24)18-16(25-3)13-23(21-18)15-9-5-4-6-10-15/h4-14H,1-3H3. The maximum absolute atomic E-state index is 13.0. The van der Waals surface area contributed by atoms with Gasteiger partial charge in [-0.25, -0.2) is 4.68 Å². The van der Waals surface area contributed by atoms with E-state index in [1.807, 2.05) is 50.2 Å². The average molecular weight is 336 g/mol. The number of nitrogens with zero attached hydrogens (tertiary/aromatic N) is 4. The van der Waals surface area contributed by atoms with Gasteiger partial charge in [0.25, 0.3) is 5.91 Å². The van der Waals surface area contributed by atoms with Crippen LogP contribution < -0.4 is 10.2 Å². The van der Waals surface area contributed by atoms with Gasteiger partial charge in [-0.1, -0.05) is 24.3 Å². The molecular formula is C19H20N4O2. The Kier molecular flexibility index (Phi) is 4.79. The van der Waals surface area contributed by atoms with Crippen LogP contribution in [0.4, 0.5) is 0 Å². The van der Waals surface area contributed by atoms with Gasteiger partial charge in [0.05, 0.1) is 19.0 Å². The highest BCUT2D eigenvalue weighted by Crippen LogP contribution is 2.20. The van der Waals surface area contributed by atoms with Gasteiger partial charge >= 0.3 is 0 Å². The largest absolute Gasteiger partial charge is 0.493 e. The number of ether oxygens (including phenoxy) is 1. The second kappa shape index (κ2) is 7.17. The summed E-state index contributed by atoms with van der Waals surface area (Å²) in [7, 11) is 1.53. The number of pyridine rings is 1. The average Bonchev–Trinajstić information content (AvgIpc) is 3.06. The van der Waals surface area contributed by atoms with Crippen molar-refractivity contribution in [1.29, 1.82) is 0 Å². The number of hydrogen-bond donors (Lipinski definition) is 0. The van der Waals surface area contributed by atoms with Gasteiger partial charge in [-0.2, -0.15) is 5.10 Å². The van der Waals surface area contributed by atoms with Crippen molar-refractivity contribution >= 4 is 5.91 Å². The van der Waals surface area contributed by atoms with Gasteiger partial charge in [-0.15, -0.1) is 0 Å². The molecule has 0 N–H and O–H groups in total. The molecule has 3 rings (SSSR count). The second-order valence-corrected chi connectivity index (χ2v) is 5.78. The van der Waals surface area contributed by atoms with Crippen molar-refractivity contribution in [3.05, 3.63) is 72.1 Å². The number of carbonyl (C=O) groups is 1. The van der Waals surface area contributed by atoms with Gasteiger partial charge in [0.15, 0.2) is 11.4 Å². The summed E-state index contributed by atoms with van der Waals surface area (Å²) in [6.07, 6.45) is 3.38. The summed E-state index contributed by atoms with van der Waals surface area (Å²) >= 11 is 0. The zero-order chi connectivity index (χ0) is 17.8. The van der Waals surface area contributed by atoms with Crippen LogP contribution in [0.15, 0.2) is 65.9 Å². The van der Waals surface area contributed by atoms with Crippen molar-refractivity contribution in [1.82, 2.24) is 14.3 Å². The van der Waals surface area contributed by atoms with E-state index in [1.165, 1.54) is 11.7 Å². The third kappa shape index (κ3) is 3.52. The number of rotatable bonds is 4. The Labute approximate surface area is 146 Å². The molecule has 0 radical (unpaired) electrons. The van der Waals surface area contributed by atoms with Crippen LogP contribution in [0, 0.1) is 0 Å². The van der Waals surface area contributed by atoms with Crippen molar-refractivity contribution in [3.8, 4) is 11.4 Å². The summed E-state index contributed by atoms with van der Waals surface area (Å²) in [5.41, 5.74) is 1.67. The lowest BCUT2D eigenvalue weighted by atomic mass is 10.3. The van der Waals surface area contributed by atoms with Crippen molar-refractivity contribution in [2.24, 2.45) is 4.99 Å². The second-order valence-electron chi connectivity index (χ2n) is 5.78. The van der Waals surface area contributed by atoms with Crippen molar-refractivity contribution in [2.75, 3.05) is 7.11 Å². The van der Waals surface area contributed by atoms with Gasteiger partial charge in [0, 0.05) is 12.2 Å². The van der Waals surface area contributed by atoms with E-state index in [-0.39, 0.29) is 17.6 Å². The minimum Gasteiger partial charge on any atom is -0.493 e. The number of benzene rings is 1. The van der Waals surface area contributed by atoms with Crippen LogP contribution in [0.1, 0.15) is 24.3 Å². The Hall–Kier alpha value is -3.15. The first kappa shape index (κ1) is 16.7. The minimum absolute atomic E-state index is 0.0743. The van der Waals surface area contributed by atoms with Crippen LogP contribution in [-0.4, -0.2) is 33.4 Å². The summed E-state index contributed by atoms with van der Waals surface area (Å²) in [5, 5.41) is 4.43. The summed E-state index contributed by atoms with van der Waals surface area (Å²) < 4.78 is 8.48. The Bertz CT molecular complexity index is 939. The highest BCUT2D eigenvalue weighted by molar-refractivity contribution is 5.96. The van der Waals surface area contributed by atoms with E-state index in [0.29, 0.717) is 11.2 Å². The molecule has 0 spiro atoms. The SMILES string of the molecule is COc1cn(-c2ccccc2)nc1C(=O)n1ccccc1=NC(C)C. The lowest BCUT2D eigenvalue weighted by molar-refractivity contribution is 0.0946. The smallest absolute Gasteiger partial charge is 0.287 e.